The summed E-state index contributed by atoms with van der Waals surface area (Å²) in [5.74, 6) is 0.270. The van der Waals surface area contributed by atoms with Crippen molar-refractivity contribution in [2.45, 2.75) is 19.9 Å². The van der Waals surface area contributed by atoms with E-state index in [9.17, 15) is 4.79 Å². The predicted octanol–water partition coefficient (Wildman–Crippen LogP) is 1.77. The zero-order valence-corrected chi connectivity index (χ0v) is 14.9. The molecule has 7 heteroatoms. The molecule has 1 unspecified atom stereocenters. The van der Waals surface area contributed by atoms with Crippen LogP contribution in [0, 0.1) is 13.8 Å². The molecule has 1 aromatic carbocycles. The van der Waals surface area contributed by atoms with E-state index in [2.05, 4.69) is 37.4 Å². The van der Waals surface area contributed by atoms with Crippen LogP contribution in [0.25, 0.3) is 5.78 Å². The van der Waals surface area contributed by atoms with Gasteiger partial charge in [-0.3, -0.25) is 4.79 Å². The van der Waals surface area contributed by atoms with Crippen LogP contribution in [0.3, 0.4) is 0 Å². The van der Waals surface area contributed by atoms with E-state index in [4.69, 9.17) is 0 Å². The molecule has 0 fully saturated rings. The molecule has 0 aliphatic carbocycles. The first-order valence-corrected chi connectivity index (χ1v) is 8.16. The van der Waals surface area contributed by atoms with Crippen LogP contribution in [0.4, 0.5) is 0 Å². The number of nitrogens with zero attached hydrogens (tertiary/aromatic N) is 5. The number of nitrogens with one attached hydrogen (secondary N) is 1. The van der Waals surface area contributed by atoms with Gasteiger partial charge in [0, 0.05) is 17.9 Å². The Morgan fingerprint density at radius 1 is 1.20 bits per heavy atom. The van der Waals surface area contributed by atoms with E-state index in [1.807, 2.05) is 52.2 Å². The standard InChI is InChI=1S/C18H22N6O/c1-12-10-13(2)24-18(20-12)21-16(22-24)17(25)19-11-15(23(3)4)14-8-6-5-7-9-14/h5-10,15H,11H2,1-4H3,(H,19,25). The molecule has 0 aliphatic heterocycles. The van der Waals surface area contributed by atoms with Gasteiger partial charge in [-0.05, 0) is 39.6 Å². The number of likely N-dealkylation sites (N-methyl/N-ethyl adjacent to an activating group) is 1. The van der Waals surface area contributed by atoms with Gasteiger partial charge < -0.3 is 10.2 Å². The average Bonchev–Trinajstić information content (AvgIpc) is 3.00. The van der Waals surface area contributed by atoms with Crippen LogP contribution >= 0.6 is 0 Å². The number of hydrogen-bond donors (Lipinski definition) is 1. The molecule has 25 heavy (non-hydrogen) atoms. The Kier molecular flexibility index (Phi) is 4.76. The molecule has 0 radical (unpaired) electrons. The number of aromatic nitrogens is 4. The molecule has 130 valence electrons. The Hall–Kier alpha value is -2.80. The largest absolute Gasteiger partial charge is 0.347 e. The van der Waals surface area contributed by atoms with Crippen molar-refractivity contribution in [3.63, 3.8) is 0 Å². The quantitative estimate of drug-likeness (QED) is 0.767. The zero-order valence-electron chi connectivity index (χ0n) is 14.9. The van der Waals surface area contributed by atoms with E-state index in [0.717, 1.165) is 17.0 Å². The molecule has 2 heterocycles. The fourth-order valence-electron chi connectivity index (χ4n) is 2.80. The van der Waals surface area contributed by atoms with Crippen molar-refractivity contribution in [2.24, 2.45) is 0 Å². The minimum absolute atomic E-state index is 0.0734. The highest BCUT2D eigenvalue weighted by molar-refractivity contribution is 5.90. The minimum Gasteiger partial charge on any atom is -0.347 e. The third-order valence-corrected chi connectivity index (χ3v) is 4.09. The van der Waals surface area contributed by atoms with Gasteiger partial charge in [0.2, 0.25) is 5.82 Å². The summed E-state index contributed by atoms with van der Waals surface area (Å²) in [6.07, 6.45) is 0. The van der Waals surface area contributed by atoms with Crippen LogP contribution in [0.15, 0.2) is 36.4 Å². The molecule has 1 amide bonds. The number of fused-ring (bicyclic) bond motifs is 1. The van der Waals surface area contributed by atoms with Gasteiger partial charge in [-0.25, -0.2) is 9.50 Å². The lowest BCUT2D eigenvalue weighted by Gasteiger charge is -2.24. The molecule has 0 saturated carbocycles. The first-order valence-electron chi connectivity index (χ1n) is 8.16. The molecule has 1 atom stereocenters. The highest BCUT2D eigenvalue weighted by Gasteiger charge is 2.19. The SMILES string of the molecule is Cc1cc(C)n2nc(C(=O)NCC(c3ccccc3)N(C)C)nc2n1. The number of rotatable bonds is 5. The summed E-state index contributed by atoms with van der Waals surface area (Å²) < 4.78 is 1.59. The van der Waals surface area contributed by atoms with E-state index in [1.165, 1.54) is 0 Å². The van der Waals surface area contributed by atoms with Crippen LogP contribution in [-0.4, -0.2) is 51.0 Å². The molecule has 7 nitrogen and oxygen atoms in total. The summed E-state index contributed by atoms with van der Waals surface area (Å²) in [5.41, 5.74) is 2.88. The molecular weight excluding hydrogens is 316 g/mol. The fraction of sp³-hybridized carbons (Fsp3) is 0.333. The molecule has 0 spiro atoms. The average molecular weight is 338 g/mol. The summed E-state index contributed by atoms with van der Waals surface area (Å²) in [5, 5.41) is 7.19. The monoisotopic (exact) mass is 338 g/mol. The lowest BCUT2D eigenvalue weighted by Crippen LogP contribution is -2.35. The maximum atomic E-state index is 12.5. The van der Waals surface area contributed by atoms with Crippen molar-refractivity contribution < 1.29 is 4.79 Å². The Balaban J connectivity index is 1.76. The van der Waals surface area contributed by atoms with E-state index >= 15 is 0 Å². The zero-order chi connectivity index (χ0) is 18.0. The topological polar surface area (TPSA) is 75.4 Å². The molecule has 0 bridgehead atoms. The fourth-order valence-corrected chi connectivity index (χ4v) is 2.80. The molecule has 0 aliphatic rings. The summed E-state index contributed by atoms with van der Waals surface area (Å²) in [6.45, 7) is 4.27. The number of carbonyl (C=O) groups excluding carboxylic acids is 1. The molecule has 3 rings (SSSR count). The summed E-state index contributed by atoms with van der Waals surface area (Å²) >= 11 is 0. The third-order valence-electron chi connectivity index (χ3n) is 4.09. The van der Waals surface area contributed by atoms with Gasteiger partial charge in [0.15, 0.2) is 0 Å². The second-order valence-corrected chi connectivity index (χ2v) is 6.29. The molecule has 3 aromatic rings. The Morgan fingerprint density at radius 2 is 1.92 bits per heavy atom. The Morgan fingerprint density at radius 3 is 2.60 bits per heavy atom. The van der Waals surface area contributed by atoms with Crippen LogP contribution in [0.1, 0.15) is 33.6 Å². The predicted molar refractivity (Wildman–Crippen MR) is 95.5 cm³/mol. The van der Waals surface area contributed by atoms with Crippen molar-refractivity contribution in [3.8, 4) is 0 Å². The molecule has 0 saturated heterocycles. The van der Waals surface area contributed by atoms with Gasteiger partial charge >= 0.3 is 0 Å². The third kappa shape index (κ3) is 3.66. The molecule has 1 N–H and O–H groups in total. The second kappa shape index (κ2) is 6.98. The Labute approximate surface area is 146 Å². The van der Waals surface area contributed by atoms with Gasteiger partial charge in [0.05, 0.1) is 6.04 Å². The maximum Gasteiger partial charge on any atom is 0.291 e. The van der Waals surface area contributed by atoms with Crippen LogP contribution in [0.5, 0.6) is 0 Å². The summed E-state index contributed by atoms with van der Waals surface area (Å²) in [6, 6.07) is 12.0. The van der Waals surface area contributed by atoms with E-state index in [1.54, 1.807) is 4.52 Å². The number of benzene rings is 1. The van der Waals surface area contributed by atoms with Crippen molar-refractivity contribution in [3.05, 3.63) is 59.2 Å². The maximum absolute atomic E-state index is 12.5. The number of aryl methyl sites for hydroxylation is 2. The lowest BCUT2D eigenvalue weighted by molar-refractivity contribution is 0.0931. The smallest absolute Gasteiger partial charge is 0.291 e. The van der Waals surface area contributed by atoms with Gasteiger partial charge in [0.1, 0.15) is 0 Å². The van der Waals surface area contributed by atoms with Crippen LogP contribution < -0.4 is 5.32 Å². The Bertz CT molecular complexity index is 887. The van der Waals surface area contributed by atoms with Crippen molar-refractivity contribution >= 4 is 11.7 Å². The minimum atomic E-state index is -0.301. The lowest BCUT2D eigenvalue weighted by atomic mass is 10.1. The van der Waals surface area contributed by atoms with Gasteiger partial charge in [0.25, 0.3) is 11.7 Å². The second-order valence-electron chi connectivity index (χ2n) is 6.29. The first kappa shape index (κ1) is 17.0. The van der Waals surface area contributed by atoms with Crippen LogP contribution in [-0.2, 0) is 0 Å². The van der Waals surface area contributed by atoms with Crippen molar-refractivity contribution in [1.82, 2.24) is 29.8 Å². The van der Waals surface area contributed by atoms with Gasteiger partial charge in [-0.2, -0.15) is 4.98 Å². The van der Waals surface area contributed by atoms with Crippen molar-refractivity contribution in [1.29, 1.82) is 0 Å². The summed E-state index contributed by atoms with van der Waals surface area (Å²) in [7, 11) is 3.98. The van der Waals surface area contributed by atoms with E-state index in [-0.39, 0.29) is 17.8 Å². The number of carbonyl (C=O) groups is 1. The highest BCUT2D eigenvalue weighted by atomic mass is 16.2. The number of amides is 1. The van der Waals surface area contributed by atoms with Gasteiger partial charge in [-0.15, -0.1) is 5.10 Å². The van der Waals surface area contributed by atoms with Crippen LogP contribution in [0.2, 0.25) is 0 Å². The number of hydrogen-bond acceptors (Lipinski definition) is 5. The highest BCUT2D eigenvalue weighted by Crippen LogP contribution is 2.16. The molecular formula is C18H22N6O. The van der Waals surface area contributed by atoms with Gasteiger partial charge in [-0.1, -0.05) is 30.3 Å². The summed E-state index contributed by atoms with van der Waals surface area (Å²) in [4.78, 5) is 23.1. The van der Waals surface area contributed by atoms with E-state index < -0.39 is 0 Å². The van der Waals surface area contributed by atoms with Crippen molar-refractivity contribution in [2.75, 3.05) is 20.6 Å². The van der Waals surface area contributed by atoms with E-state index in [0.29, 0.717) is 12.3 Å². The normalized spacial score (nSPS) is 12.5. The first-order chi connectivity index (χ1) is 12.0. The molecule has 2 aromatic heterocycles.